The third-order valence-electron chi connectivity index (χ3n) is 1.01. The smallest absolute Gasteiger partial charge is 0.412 e. The number of aromatic nitrogens is 3. The Balaban J connectivity index is 2.47. The number of nitrogens with one attached hydrogen (secondary N) is 1. The molecule has 0 aliphatic rings. The summed E-state index contributed by atoms with van der Waals surface area (Å²) in [4.78, 5) is 10.8. The predicted octanol–water partition coefficient (Wildman–Crippen LogP) is 0.440. The van der Waals surface area contributed by atoms with Crippen LogP contribution in [0.3, 0.4) is 0 Å². The van der Waals surface area contributed by atoms with Gasteiger partial charge in [-0.3, -0.25) is 5.32 Å². The fourth-order valence-electron chi connectivity index (χ4n) is 0.579. The summed E-state index contributed by atoms with van der Waals surface area (Å²) < 4.78 is 4.61. The fraction of sp³-hybridized carbons (Fsp3) is 0.333. The zero-order valence-corrected chi connectivity index (χ0v) is 6.52. The molecule has 0 bridgehead atoms. The van der Waals surface area contributed by atoms with Crippen LogP contribution in [0.1, 0.15) is 6.92 Å². The molecule has 6 heteroatoms. The van der Waals surface area contributed by atoms with E-state index in [0.717, 1.165) is 0 Å². The maximum atomic E-state index is 10.8. The Hall–Kier alpha value is -1.72. The highest BCUT2D eigenvalue weighted by atomic mass is 16.5. The summed E-state index contributed by atoms with van der Waals surface area (Å²) in [5, 5.41) is 12.7. The van der Waals surface area contributed by atoms with Crippen molar-refractivity contribution in [1.29, 1.82) is 0 Å². The molecule has 0 saturated heterocycles. The number of amides is 1. The SMILES string of the molecule is CCOC(=O)Nc1ccnnn1. The second kappa shape index (κ2) is 4.22. The number of rotatable bonds is 2. The van der Waals surface area contributed by atoms with Gasteiger partial charge in [-0.15, -0.1) is 10.2 Å². The van der Waals surface area contributed by atoms with Crippen molar-refractivity contribution in [2.75, 3.05) is 11.9 Å². The summed E-state index contributed by atoms with van der Waals surface area (Å²) in [7, 11) is 0. The number of hydrogen-bond acceptors (Lipinski definition) is 5. The van der Waals surface area contributed by atoms with Gasteiger partial charge in [0.15, 0.2) is 5.82 Å². The molecule has 1 aromatic heterocycles. The highest BCUT2D eigenvalue weighted by Gasteiger charge is 2.01. The largest absolute Gasteiger partial charge is 0.450 e. The molecule has 1 N–H and O–H groups in total. The van der Waals surface area contributed by atoms with Gasteiger partial charge in [0.2, 0.25) is 0 Å². The lowest BCUT2D eigenvalue weighted by Gasteiger charge is -2.01. The summed E-state index contributed by atoms with van der Waals surface area (Å²) in [6.07, 6.45) is 0.882. The highest BCUT2D eigenvalue weighted by molar-refractivity contribution is 5.82. The van der Waals surface area contributed by atoms with E-state index in [1.165, 1.54) is 12.3 Å². The molecule has 0 atom stereocenters. The minimum absolute atomic E-state index is 0.323. The summed E-state index contributed by atoms with van der Waals surface area (Å²) in [5.41, 5.74) is 0. The van der Waals surface area contributed by atoms with Crippen LogP contribution in [-0.2, 0) is 4.74 Å². The number of carbonyl (C=O) groups is 1. The van der Waals surface area contributed by atoms with E-state index < -0.39 is 6.09 Å². The average molecular weight is 168 g/mol. The number of ether oxygens (including phenoxy) is 1. The van der Waals surface area contributed by atoms with Gasteiger partial charge in [-0.25, -0.2) is 4.79 Å². The first-order valence-electron chi connectivity index (χ1n) is 3.41. The fourth-order valence-corrected chi connectivity index (χ4v) is 0.579. The zero-order chi connectivity index (χ0) is 8.81. The molecule has 1 amide bonds. The molecule has 64 valence electrons. The van der Waals surface area contributed by atoms with Gasteiger partial charge in [0, 0.05) is 6.07 Å². The van der Waals surface area contributed by atoms with Gasteiger partial charge < -0.3 is 4.74 Å². The molecule has 0 aliphatic heterocycles. The molecule has 0 aliphatic carbocycles. The minimum atomic E-state index is -0.544. The summed E-state index contributed by atoms with van der Waals surface area (Å²) in [6.45, 7) is 2.04. The standard InChI is InChI=1S/C6H8N4O2/c1-2-12-6(11)8-5-3-4-7-10-9-5/h3-4H,2H2,1H3,(H,7,8,9,11). The van der Waals surface area contributed by atoms with Crippen LogP contribution in [0.5, 0.6) is 0 Å². The van der Waals surface area contributed by atoms with Crippen LogP contribution in [0, 0.1) is 0 Å². The van der Waals surface area contributed by atoms with Crippen molar-refractivity contribution in [2.45, 2.75) is 6.92 Å². The topological polar surface area (TPSA) is 77.0 Å². The normalized spacial score (nSPS) is 9.08. The Morgan fingerprint density at radius 1 is 1.75 bits per heavy atom. The van der Waals surface area contributed by atoms with E-state index in [4.69, 9.17) is 0 Å². The van der Waals surface area contributed by atoms with Crippen molar-refractivity contribution in [3.8, 4) is 0 Å². The van der Waals surface area contributed by atoms with Crippen LogP contribution in [-0.4, -0.2) is 28.1 Å². The lowest BCUT2D eigenvalue weighted by Crippen LogP contribution is -2.14. The monoisotopic (exact) mass is 168 g/mol. The Labute approximate surface area is 68.9 Å². The van der Waals surface area contributed by atoms with E-state index in [9.17, 15) is 4.79 Å². The van der Waals surface area contributed by atoms with Crippen molar-refractivity contribution >= 4 is 11.9 Å². The van der Waals surface area contributed by atoms with Crippen molar-refractivity contribution in [3.63, 3.8) is 0 Å². The van der Waals surface area contributed by atoms with E-state index in [1.54, 1.807) is 6.92 Å². The molecule has 0 aromatic carbocycles. The van der Waals surface area contributed by atoms with Gasteiger partial charge in [0.1, 0.15) is 0 Å². The molecule has 12 heavy (non-hydrogen) atoms. The average Bonchev–Trinajstić information content (AvgIpc) is 2.06. The van der Waals surface area contributed by atoms with Crippen molar-refractivity contribution in [3.05, 3.63) is 12.3 Å². The quantitative estimate of drug-likeness (QED) is 0.693. The molecule has 0 fully saturated rings. The second-order valence-corrected chi connectivity index (χ2v) is 1.85. The van der Waals surface area contributed by atoms with E-state index in [1.807, 2.05) is 0 Å². The van der Waals surface area contributed by atoms with Crippen molar-refractivity contribution in [2.24, 2.45) is 0 Å². The van der Waals surface area contributed by atoms with Gasteiger partial charge in [0.05, 0.1) is 12.8 Å². The van der Waals surface area contributed by atoms with Crippen LogP contribution >= 0.6 is 0 Å². The molecule has 0 saturated carbocycles. The summed E-state index contributed by atoms with van der Waals surface area (Å²) in [6, 6.07) is 1.52. The van der Waals surface area contributed by atoms with Crippen LogP contribution in [0.25, 0.3) is 0 Å². The maximum absolute atomic E-state index is 10.8. The first-order valence-corrected chi connectivity index (χ1v) is 3.41. The van der Waals surface area contributed by atoms with Gasteiger partial charge in [-0.1, -0.05) is 0 Å². The predicted molar refractivity (Wildman–Crippen MR) is 40.5 cm³/mol. The molecule has 0 spiro atoms. The van der Waals surface area contributed by atoms with E-state index >= 15 is 0 Å². The molecular formula is C6H8N4O2. The third kappa shape index (κ3) is 2.49. The Morgan fingerprint density at radius 2 is 2.58 bits per heavy atom. The van der Waals surface area contributed by atoms with Crippen molar-refractivity contribution in [1.82, 2.24) is 15.4 Å². The molecule has 1 heterocycles. The Morgan fingerprint density at radius 3 is 3.17 bits per heavy atom. The highest BCUT2D eigenvalue weighted by Crippen LogP contribution is 1.96. The maximum Gasteiger partial charge on any atom is 0.412 e. The number of hydrogen-bond donors (Lipinski definition) is 1. The first-order chi connectivity index (χ1) is 5.83. The van der Waals surface area contributed by atoms with Gasteiger partial charge in [-0.05, 0) is 12.1 Å². The van der Waals surface area contributed by atoms with Crippen molar-refractivity contribution < 1.29 is 9.53 Å². The molecular weight excluding hydrogens is 160 g/mol. The zero-order valence-electron chi connectivity index (χ0n) is 6.52. The van der Waals surface area contributed by atoms with E-state index in [-0.39, 0.29) is 0 Å². The molecule has 1 rings (SSSR count). The Kier molecular flexibility index (Phi) is 2.95. The summed E-state index contributed by atoms with van der Waals surface area (Å²) >= 11 is 0. The molecule has 0 radical (unpaired) electrons. The van der Waals surface area contributed by atoms with Crippen LogP contribution in [0.4, 0.5) is 10.6 Å². The molecule has 6 nitrogen and oxygen atoms in total. The lowest BCUT2D eigenvalue weighted by atomic mass is 10.6. The molecule has 1 aromatic rings. The van der Waals surface area contributed by atoms with Crippen LogP contribution in [0.2, 0.25) is 0 Å². The molecule has 0 unspecified atom stereocenters. The number of anilines is 1. The number of nitrogens with zero attached hydrogens (tertiary/aromatic N) is 3. The van der Waals surface area contributed by atoms with Crippen LogP contribution < -0.4 is 5.32 Å². The summed E-state index contributed by atoms with van der Waals surface area (Å²) in [5.74, 6) is 0.323. The first kappa shape index (κ1) is 8.38. The van der Waals surface area contributed by atoms with E-state index in [0.29, 0.717) is 12.4 Å². The Bertz CT molecular complexity index is 251. The van der Waals surface area contributed by atoms with Gasteiger partial charge >= 0.3 is 6.09 Å². The van der Waals surface area contributed by atoms with Crippen LogP contribution in [0.15, 0.2) is 12.3 Å². The van der Waals surface area contributed by atoms with E-state index in [2.05, 4.69) is 25.5 Å². The number of carbonyl (C=O) groups excluding carboxylic acids is 1. The lowest BCUT2D eigenvalue weighted by molar-refractivity contribution is 0.168. The van der Waals surface area contributed by atoms with Gasteiger partial charge in [-0.2, -0.15) is 0 Å². The minimum Gasteiger partial charge on any atom is -0.450 e. The van der Waals surface area contributed by atoms with Gasteiger partial charge in [0.25, 0.3) is 0 Å². The second-order valence-electron chi connectivity index (χ2n) is 1.85. The third-order valence-corrected chi connectivity index (χ3v) is 1.01.